The van der Waals surface area contributed by atoms with Crippen molar-refractivity contribution in [2.75, 3.05) is 0 Å². The van der Waals surface area contributed by atoms with Crippen molar-refractivity contribution in [3.8, 4) is 11.5 Å². The lowest BCUT2D eigenvalue weighted by molar-refractivity contribution is 0.0699. The summed E-state index contributed by atoms with van der Waals surface area (Å²) in [5.74, 6) is 0.561. The summed E-state index contributed by atoms with van der Waals surface area (Å²) < 4.78 is 6.78. The zero-order valence-electron chi connectivity index (χ0n) is 14.8. The van der Waals surface area contributed by atoms with Gasteiger partial charge >= 0.3 is 5.97 Å². The van der Waals surface area contributed by atoms with Gasteiger partial charge in [-0.25, -0.2) is 9.78 Å². The maximum Gasteiger partial charge on any atom is 0.336 e. The van der Waals surface area contributed by atoms with Gasteiger partial charge in [-0.2, -0.15) is 0 Å². The van der Waals surface area contributed by atoms with E-state index in [2.05, 4.69) is 27.8 Å². The van der Waals surface area contributed by atoms with E-state index in [-0.39, 0.29) is 5.56 Å². The van der Waals surface area contributed by atoms with Gasteiger partial charge in [-0.05, 0) is 36.8 Å². The molecule has 0 fully saturated rings. The Labute approximate surface area is 161 Å². The van der Waals surface area contributed by atoms with Gasteiger partial charge in [-0.1, -0.05) is 54.6 Å². The van der Waals surface area contributed by atoms with Crippen LogP contribution in [-0.4, -0.2) is 16.1 Å². The van der Waals surface area contributed by atoms with Crippen molar-refractivity contribution in [3.05, 3.63) is 52.2 Å². The van der Waals surface area contributed by atoms with E-state index in [1.807, 2.05) is 24.3 Å². The normalized spacial score (nSPS) is 11.2. The predicted octanol–water partition coefficient (Wildman–Crippen LogP) is 6.47. The van der Waals surface area contributed by atoms with E-state index >= 15 is 0 Å². The number of pyridine rings is 1. The molecule has 0 saturated heterocycles. The van der Waals surface area contributed by atoms with Gasteiger partial charge in [0.25, 0.3) is 0 Å². The monoisotopic (exact) mass is 415 g/mol. The Morgan fingerprint density at radius 1 is 1.12 bits per heavy atom. The second-order valence-corrected chi connectivity index (χ2v) is 7.37. The standard InChI is InChI=1S/C21H22BrNO3/c1-2-3-4-5-6-7-15-9-11-20(26-15)19-13-17(21(24)25)16-10-8-14(22)12-18(16)23-19/h8-13H,2-7H2,1H3,(H,24,25). The van der Waals surface area contributed by atoms with E-state index in [1.54, 1.807) is 12.1 Å². The third kappa shape index (κ3) is 4.33. The number of nitrogens with zero attached hydrogens (tertiary/aromatic N) is 1. The van der Waals surface area contributed by atoms with Gasteiger partial charge in [-0.3, -0.25) is 0 Å². The first-order valence-corrected chi connectivity index (χ1v) is 9.80. The van der Waals surface area contributed by atoms with E-state index in [1.165, 1.54) is 25.7 Å². The minimum atomic E-state index is -0.969. The van der Waals surface area contributed by atoms with Gasteiger partial charge in [0.2, 0.25) is 0 Å². The molecule has 2 heterocycles. The average molecular weight is 416 g/mol. The lowest BCUT2D eigenvalue weighted by Crippen LogP contribution is -2.00. The smallest absolute Gasteiger partial charge is 0.336 e. The molecule has 136 valence electrons. The molecule has 26 heavy (non-hydrogen) atoms. The number of aromatic nitrogens is 1. The lowest BCUT2D eigenvalue weighted by atomic mass is 10.1. The summed E-state index contributed by atoms with van der Waals surface area (Å²) in [5, 5.41) is 10.2. The number of rotatable bonds is 8. The van der Waals surface area contributed by atoms with Crippen LogP contribution in [0.2, 0.25) is 0 Å². The Bertz CT molecular complexity index is 917. The number of furan rings is 1. The second-order valence-electron chi connectivity index (χ2n) is 6.45. The molecule has 1 aromatic carbocycles. The Kier molecular flexibility index (Phi) is 6.09. The molecule has 0 amide bonds. The van der Waals surface area contributed by atoms with Crippen LogP contribution < -0.4 is 0 Å². The van der Waals surface area contributed by atoms with Crippen LogP contribution >= 0.6 is 15.9 Å². The van der Waals surface area contributed by atoms with Gasteiger partial charge in [0.15, 0.2) is 5.76 Å². The molecule has 3 rings (SSSR count). The Morgan fingerprint density at radius 3 is 2.69 bits per heavy atom. The number of carbonyl (C=O) groups is 1. The molecule has 0 bridgehead atoms. The van der Waals surface area contributed by atoms with Crippen molar-refractivity contribution >= 4 is 32.8 Å². The number of carboxylic acid groups (broad SMARTS) is 1. The van der Waals surface area contributed by atoms with E-state index in [0.717, 1.165) is 23.1 Å². The van der Waals surface area contributed by atoms with Crippen LogP contribution in [0.1, 0.15) is 55.1 Å². The van der Waals surface area contributed by atoms with Crippen molar-refractivity contribution in [2.24, 2.45) is 0 Å². The van der Waals surface area contributed by atoms with Crippen LogP contribution in [0.25, 0.3) is 22.4 Å². The van der Waals surface area contributed by atoms with Crippen molar-refractivity contribution in [1.29, 1.82) is 0 Å². The first kappa shape index (κ1) is 18.6. The van der Waals surface area contributed by atoms with Crippen molar-refractivity contribution in [2.45, 2.75) is 45.4 Å². The fraction of sp³-hybridized carbons (Fsp3) is 0.333. The molecule has 5 heteroatoms. The summed E-state index contributed by atoms with van der Waals surface area (Å²) in [6.45, 7) is 2.21. The Balaban J connectivity index is 1.85. The third-order valence-electron chi connectivity index (χ3n) is 4.44. The molecule has 0 unspecified atom stereocenters. The summed E-state index contributed by atoms with van der Waals surface area (Å²) in [6.07, 6.45) is 6.97. The maximum absolute atomic E-state index is 11.6. The lowest BCUT2D eigenvalue weighted by Gasteiger charge is -2.06. The summed E-state index contributed by atoms with van der Waals surface area (Å²) in [5.41, 5.74) is 1.41. The van der Waals surface area contributed by atoms with E-state index in [9.17, 15) is 9.90 Å². The summed E-state index contributed by atoms with van der Waals surface area (Å²) in [4.78, 5) is 16.2. The number of aryl methyl sites for hydroxylation is 1. The highest BCUT2D eigenvalue weighted by atomic mass is 79.9. The highest BCUT2D eigenvalue weighted by Gasteiger charge is 2.15. The van der Waals surface area contributed by atoms with Crippen LogP contribution in [0.15, 0.2) is 45.3 Å². The van der Waals surface area contributed by atoms with Gasteiger partial charge in [0, 0.05) is 16.3 Å². The Hall–Kier alpha value is -2.14. The maximum atomic E-state index is 11.6. The molecule has 0 aliphatic heterocycles. The van der Waals surface area contributed by atoms with Crippen molar-refractivity contribution < 1.29 is 14.3 Å². The number of hydrogen-bond acceptors (Lipinski definition) is 3. The Morgan fingerprint density at radius 2 is 1.92 bits per heavy atom. The van der Waals surface area contributed by atoms with Crippen LogP contribution in [-0.2, 0) is 6.42 Å². The third-order valence-corrected chi connectivity index (χ3v) is 4.94. The summed E-state index contributed by atoms with van der Waals surface area (Å²) in [7, 11) is 0. The quantitative estimate of drug-likeness (QED) is 0.428. The summed E-state index contributed by atoms with van der Waals surface area (Å²) in [6, 6.07) is 10.8. The molecule has 4 nitrogen and oxygen atoms in total. The molecule has 3 aromatic rings. The zero-order valence-corrected chi connectivity index (χ0v) is 16.4. The van der Waals surface area contributed by atoms with E-state index < -0.39 is 5.97 Å². The molecular weight excluding hydrogens is 394 g/mol. The van der Waals surface area contributed by atoms with Gasteiger partial charge in [-0.15, -0.1) is 0 Å². The molecule has 0 saturated carbocycles. The molecule has 0 radical (unpaired) electrons. The minimum absolute atomic E-state index is 0.231. The van der Waals surface area contributed by atoms with Crippen molar-refractivity contribution in [3.63, 3.8) is 0 Å². The minimum Gasteiger partial charge on any atom is -0.478 e. The fourth-order valence-corrected chi connectivity index (χ4v) is 3.41. The highest BCUT2D eigenvalue weighted by molar-refractivity contribution is 9.10. The second kappa shape index (κ2) is 8.49. The van der Waals surface area contributed by atoms with Gasteiger partial charge in [0.1, 0.15) is 11.5 Å². The summed E-state index contributed by atoms with van der Waals surface area (Å²) >= 11 is 3.41. The van der Waals surface area contributed by atoms with Gasteiger partial charge in [0.05, 0.1) is 11.1 Å². The van der Waals surface area contributed by atoms with Crippen LogP contribution in [0.4, 0.5) is 0 Å². The molecule has 0 spiro atoms. The number of carboxylic acids is 1. The van der Waals surface area contributed by atoms with E-state index in [4.69, 9.17) is 4.42 Å². The van der Waals surface area contributed by atoms with Gasteiger partial charge < -0.3 is 9.52 Å². The highest BCUT2D eigenvalue weighted by Crippen LogP contribution is 2.28. The fourth-order valence-electron chi connectivity index (χ4n) is 3.06. The molecule has 1 N–H and O–H groups in total. The number of aromatic carboxylic acids is 1. The van der Waals surface area contributed by atoms with Crippen molar-refractivity contribution in [1.82, 2.24) is 4.98 Å². The predicted molar refractivity (Wildman–Crippen MR) is 107 cm³/mol. The molecule has 0 aliphatic carbocycles. The number of hydrogen-bond donors (Lipinski definition) is 1. The zero-order chi connectivity index (χ0) is 18.5. The van der Waals surface area contributed by atoms with Crippen LogP contribution in [0.5, 0.6) is 0 Å². The van der Waals surface area contributed by atoms with Crippen LogP contribution in [0, 0.1) is 0 Å². The SMILES string of the molecule is CCCCCCCc1ccc(-c2cc(C(=O)O)c3ccc(Br)cc3n2)o1. The first-order valence-electron chi connectivity index (χ1n) is 9.01. The number of halogens is 1. The largest absolute Gasteiger partial charge is 0.478 e. The number of fused-ring (bicyclic) bond motifs is 1. The molecular formula is C21H22BrNO3. The topological polar surface area (TPSA) is 63.3 Å². The first-order chi connectivity index (χ1) is 12.6. The average Bonchev–Trinajstić information content (AvgIpc) is 3.09. The molecule has 2 aromatic heterocycles. The number of unbranched alkanes of at least 4 members (excludes halogenated alkanes) is 4. The molecule has 0 aliphatic rings. The number of benzene rings is 1. The van der Waals surface area contributed by atoms with E-state index in [0.29, 0.717) is 22.4 Å². The molecule has 0 atom stereocenters. The van der Waals surface area contributed by atoms with Crippen LogP contribution in [0.3, 0.4) is 0 Å².